The van der Waals surface area contributed by atoms with Crippen LogP contribution >= 0.6 is 0 Å². The van der Waals surface area contributed by atoms with Gasteiger partial charge in [0, 0.05) is 25.8 Å². The number of likely N-dealkylation sites (N-methyl/N-ethyl adjacent to an activating group) is 1. The molecule has 0 aliphatic carbocycles. The fourth-order valence-electron chi connectivity index (χ4n) is 2.24. The number of carbonyl (C=O) groups excluding carboxylic acids is 1. The molecule has 1 aliphatic heterocycles. The summed E-state index contributed by atoms with van der Waals surface area (Å²) in [5.41, 5.74) is 7.83. The summed E-state index contributed by atoms with van der Waals surface area (Å²) in [5, 5.41) is 2.68. The number of rotatable bonds is 3. The molecule has 0 spiro atoms. The number of hydrogen-bond acceptors (Lipinski definition) is 4. The molecule has 3 N–H and O–H groups in total. The van der Waals surface area contributed by atoms with Gasteiger partial charge in [0.1, 0.15) is 6.04 Å². The highest BCUT2D eigenvalue weighted by Gasteiger charge is 2.29. The molecule has 1 unspecified atom stereocenters. The van der Waals surface area contributed by atoms with E-state index in [-0.39, 0.29) is 11.9 Å². The summed E-state index contributed by atoms with van der Waals surface area (Å²) >= 11 is 0. The van der Waals surface area contributed by atoms with E-state index in [1.165, 1.54) is 0 Å². The van der Waals surface area contributed by atoms with Crippen LogP contribution in [0.25, 0.3) is 0 Å². The molecule has 5 nitrogen and oxygen atoms in total. The topological polar surface area (TPSA) is 67.6 Å². The van der Waals surface area contributed by atoms with E-state index in [0.717, 1.165) is 11.3 Å². The van der Waals surface area contributed by atoms with Crippen molar-refractivity contribution in [1.82, 2.24) is 5.32 Å². The van der Waals surface area contributed by atoms with Gasteiger partial charge in [-0.05, 0) is 11.6 Å². The molecule has 0 bridgehead atoms. The van der Waals surface area contributed by atoms with Gasteiger partial charge >= 0.3 is 0 Å². The molecule has 1 heterocycles. The Labute approximate surface area is 107 Å². The molecule has 2 rings (SSSR count). The van der Waals surface area contributed by atoms with Gasteiger partial charge in [-0.2, -0.15) is 0 Å². The molecule has 1 aromatic rings. The van der Waals surface area contributed by atoms with E-state index in [0.29, 0.717) is 26.3 Å². The molecule has 98 valence electrons. The van der Waals surface area contributed by atoms with Crippen molar-refractivity contribution in [3.63, 3.8) is 0 Å². The third kappa shape index (κ3) is 2.47. The summed E-state index contributed by atoms with van der Waals surface area (Å²) in [5.74, 6) is -0.0264. The highest BCUT2D eigenvalue weighted by atomic mass is 16.5. The maximum Gasteiger partial charge on any atom is 0.244 e. The van der Waals surface area contributed by atoms with Crippen LogP contribution in [0.1, 0.15) is 5.56 Å². The average molecular weight is 249 g/mol. The molecule has 0 saturated carbocycles. The Bertz CT molecular complexity index is 422. The molecule has 18 heavy (non-hydrogen) atoms. The highest BCUT2D eigenvalue weighted by Crippen LogP contribution is 2.24. The van der Waals surface area contributed by atoms with E-state index in [1.807, 2.05) is 24.3 Å². The quantitative estimate of drug-likeness (QED) is 0.797. The molecule has 0 radical (unpaired) electrons. The van der Waals surface area contributed by atoms with Crippen molar-refractivity contribution in [2.75, 3.05) is 31.7 Å². The summed E-state index contributed by atoms with van der Waals surface area (Å²) in [6.07, 6.45) is 0. The lowest BCUT2D eigenvalue weighted by molar-refractivity contribution is -0.124. The predicted molar refractivity (Wildman–Crippen MR) is 70.4 cm³/mol. The lowest BCUT2D eigenvalue weighted by atomic mass is 10.1. The Morgan fingerprint density at radius 2 is 2.33 bits per heavy atom. The van der Waals surface area contributed by atoms with E-state index < -0.39 is 0 Å². The van der Waals surface area contributed by atoms with Crippen LogP contribution in [0.5, 0.6) is 0 Å². The summed E-state index contributed by atoms with van der Waals surface area (Å²) in [6.45, 7) is 2.22. The van der Waals surface area contributed by atoms with Crippen molar-refractivity contribution in [2.24, 2.45) is 5.73 Å². The van der Waals surface area contributed by atoms with E-state index in [2.05, 4.69) is 10.2 Å². The van der Waals surface area contributed by atoms with Crippen LogP contribution in [0, 0.1) is 0 Å². The van der Waals surface area contributed by atoms with Crippen LogP contribution in [0.2, 0.25) is 0 Å². The monoisotopic (exact) mass is 249 g/mol. The molecule has 1 saturated heterocycles. The molecule has 1 amide bonds. The number of ether oxygens (including phenoxy) is 1. The lowest BCUT2D eigenvalue weighted by Gasteiger charge is -2.37. The van der Waals surface area contributed by atoms with E-state index in [1.54, 1.807) is 7.05 Å². The van der Waals surface area contributed by atoms with E-state index >= 15 is 0 Å². The summed E-state index contributed by atoms with van der Waals surface area (Å²) in [6, 6.07) is 7.64. The van der Waals surface area contributed by atoms with Crippen molar-refractivity contribution in [3.8, 4) is 0 Å². The van der Waals surface area contributed by atoms with E-state index in [9.17, 15) is 4.79 Å². The lowest BCUT2D eigenvalue weighted by Crippen LogP contribution is -2.53. The van der Waals surface area contributed by atoms with Crippen LogP contribution in [0.3, 0.4) is 0 Å². The van der Waals surface area contributed by atoms with Crippen LogP contribution in [0.4, 0.5) is 5.69 Å². The number of anilines is 1. The standard InChI is InChI=1S/C13H19N3O2/c1-15-13(17)12-9-18-7-6-16(12)11-5-3-2-4-10(11)8-14/h2-5,12H,6-9,14H2,1H3,(H,15,17). The fraction of sp³-hybridized carbons (Fsp3) is 0.462. The number of nitrogens with one attached hydrogen (secondary N) is 1. The number of amides is 1. The normalized spacial score (nSPS) is 19.7. The zero-order valence-electron chi connectivity index (χ0n) is 10.6. The first kappa shape index (κ1) is 12.9. The van der Waals surface area contributed by atoms with Crippen LogP contribution in [-0.2, 0) is 16.1 Å². The molecule has 1 aromatic carbocycles. The van der Waals surface area contributed by atoms with Crippen LogP contribution in [0.15, 0.2) is 24.3 Å². The van der Waals surface area contributed by atoms with Gasteiger partial charge in [-0.3, -0.25) is 4.79 Å². The van der Waals surface area contributed by atoms with Crippen LogP contribution in [-0.4, -0.2) is 38.8 Å². The maximum absolute atomic E-state index is 11.9. The van der Waals surface area contributed by atoms with Gasteiger partial charge in [-0.15, -0.1) is 0 Å². The predicted octanol–water partition coefficient (Wildman–Crippen LogP) is 0.0965. The van der Waals surface area contributed by atoms with Crippen molar-refractivity contribution in [2.45, 2.75) is 12.6 Å². The molecule has 1 atom stereocenters. The number of morpholine rings is 1. The third-order valence-electron chi connectivity index (χ3n) is 3.20. The minimum Gasteiger partial charge on any atom is -0.377 e. The SMILES string of the molecule is CNC(=O)C1COCCN1c1ccccc1CN. The Hall–Kier alpha value is -1.59. The Balaban J connectivity index is 2.30. The zero-order chi connectivity index (χ0) is 13.0. The molecular formula is C13H19N3O2. The minimum atomic E-state index is -0.281. The summed E-state index contributed by atoms with van der Waals surface area (Å²) < 4.78 is 5.40. The molecule has 1 fully saturated rings. The number of carbonyl (C=O) groups is 1. The summed E-state index contributed by atoms with van der Waals surface area (Å²) in [4.78, 5) is 14.0. The molecular weight excluding hydrogens is 230 g/mol. The smallest absolute Gasteiger partial charge is 0.244 e. The van der Waals surface area contributed by atoms with Gasteiger partial charge in [-0.25, -0.2) is 0 Å². The minimum absolute atomic E-state index is 0.0264. The van der Waals surface area contributed by atoms with Gasteiger partial charge in [-0.1, -0.05) is 18.2 Å². The Morgan fingerprint density at radius 3 is 3.06 bits per heavy atom. The number of benzene rings is 1. The van der Waals surface area contributed by atoms with Gasteiger partial charge < -0.3 is 20.7 Å². The van der Waals surface area contributed by atoms with Crippen molar-refractivity contribution in [1.29, 1.82) is 0 Å². The largest absolute Gasteiger partial charge is 0.377 e. The van der Waals surface area contributed by atoms with E-state index in [4.69, 9.17) is 10.5 Å². The van der Waals surface area contributed by atoms with Gasteiger partial charge in [0.15, 0.2) is 0 Å². The third-order valence-corrected chi connectivity index (χ3v) is 3.20. The fourth-order valence-corrected chi connectivity index (χ4v) is 2.24. The molecule has 0 aromatic heterocycles. The zero-order valence-corrected chi connectivity index (χ0v) is 10.6. The van der Waals surface area contributed by atoms with Crippen molar-refractivity contribution in [3.05, 3.63) is 29.8 Å². The second-order valence-electron chi connectivity index (χ2n) is 4.23. The van der Waals surface area contributed by atoms with Gasteiger partial charge in [0.05, 0.1) is 13.2 Å². The first-order valence-electron chi connectivity index (χ1n) is 6.12. The molecule has 5 heteroatoms. The van der Waals surface area contributed by atoms with Gasteiger partial charge in [0.25, 0.3) is 0 Å². The number of hydrogen-bond donors (Lipinski definition) is 2. The first-order valence-corrected chi connectivity index (χ1v) is 6.12. The second kappa shape index (κ2) is 5.84. The number of para-hydroxylation sites is 1. The number of nitrogens with zero attached hydrogens (tertiary/aromatic N) is 1. The van der Waals surface area contributed by atoms with Crippen molar-refractivity contribution < 1.29 is 9.53 Å². The number of nitrogens with two attached hydrogens (primary N) is 1. The average Bonchev–Trinajstić information content (AvgIpc) is 2.46. The second-order valence-corrected chi connectivity index (χ2v) is 4.23. The summed E-state index contributed by atoms with van der Waals surface area (Å²) in [7, 11) is 1.64. The highest BCUT2D eigenvalue weighted by molar-refractivity contribution is 5.85. The Morgan fingerprint density at radius 1 is 1.56 bits per heavy atom. The molecule has 1 aliphatic rings. The van der Waals surface area contributed by atoms with Crippen molar-refractivity contribution >= 4 is 11.6 Å². The first-order chi connectivity index (χ1) is 8.77. The van der Waals surface area contributed by atoms with Gasteiger partial charge in [0.2, 0.25) is 5.91 Å². The maximum atomic E-state index is 11.9. The van der Waals surface area contributed by atoms with Crippen LogP contribution < -0.4 is 16.0 Å². The Kier molecular flexibility index (Phi) is 4.17.